The number of imide groups is 1. The molecule has 1 saturated heterocycles. The first kappa shape index (κ1) is 34.1. The van der Waals surface area contributed by atoms with Crippen LogP contribution in [0.1, 0.15) is 63.6 Å². The summed E-state index contributed by atoms with van der Waals surface area (Å²) >= 11 is 12.8. The number of ketones is 1. The predicted octanol–water partition coefficient (Wildman–Crippen LogP) is 6.97. The summed E-state index contributed by atoms with van der Waals surface area (Å²) in [4.78, 5) is 56.8. The van der Waals surface area contributed by atoms with Gasteiger partial charge in [0, 0.05) is 17.5 Å². The molecule has 2 heterocycles. The highest BCUT2D eigenvalue weighted by Gasteiger charge is 2.41. The lowest BCUT2D eigenvalue weighted by molar-refractivity contribution is -0.121. The van der Waals surface area contributed by atoms with Gasteiger partial charge in [-0.3, -0.25) is 14.4 Å². The summed E-state index contributed by atoms with van der Waals surface area (Å²) in [5, 5.41) is 19.7. The van der Waals surface area contributed by atoms with Gasteiger partial charge in [-0.1, -0.05) is 73.1 Å². The number of nitriles is 2. The van der Waals surface area contributed by atoms with E-state index < -0.39 is 35.4 Å². The molecule has 2 N–H and O–H groups in total. The summed E-state index contributed by atoms with van der Waals surface area (Å²) in [7, 11) is 0. The van der Waals surface area contributed by atoms with Crippen LogP contribution in [0, 0.1) is 22.7 Å². The molecule has 0 radical (unpaired) electrons. The number of benzene rings is 3. The van der Waals surface area contributed by atoms with E-state index in [1.165, 1.54) is 42.5 Å². The highest BCUT2D eigenvalue weighted by atomic mass is 35.5. The Labute approximate surface area is 290 Å². The zero-order valence-corrected chi connectivity index (χ0v) is 27.8. The largest absolute Gasteiger partial charge is 0.454 e. The molecule has 1 atom stereocenters. The maximum Gasteiger partial charge on any atom is 0.338 e. The molecule has 2 amide bonds. The molecule has 1 aliphatic rings. The normalized spacial score (nSPS) is 14.1. The summed E-state index contributed by atoms with van der Waals surface area (Å²) in [6.07, 6.45) is -0.186. The number of carbonyl (C=O) groups excluding carboxylic acids is 4. The number of esters is 1. The van der Waals surface area contributed by atoms with Crippen LogP contribution in [0.5, 0.6) is 0 Å². The van der Waals surface area contributed by atoms with E-state index in [9.17, 15) is 29.7 Å². The van der Waals surface area contributed by atoms with Gasteiger partial charge in [-0.15, -0.1) is 0 Å². The summed E-state index contributed by atoms with van der Waals surface area (Å²) in [6.45, 7) is 3.56. The number of hydrogen-bond acceptors (Lipinski definition) is 10. The number of hydrogen-bond donors (Lipinski definition) is 1. The van der Waals surface area contributed by atoms with E-state index in [1.807, 2.05) is 32.0 Å². The Hall–Kier alpha value is -5.20. The zero-order valence-electron chi connectivity index (χ0n) is 25.5. The number of ether oxygens (including phenoxy) is 1. The Balaban J connectivity index is 1.32. The fourth-order valence-corrected chi connectivity index (χ4v) is 6.44. The number of anilines is 2. The second-order valence-corrected chi connectivity index (χ2v) is 13.0. The number of thioether (sulfide) groups is 1. The van der Waals surface area contributed by atoms with Crippen LogP contribution in [-0.2, 0) is 14.3 Å². The maximum absolute atomic E-state index is 13.5. The van der Waals surface area contributed by atoms with Gasteiger partial charge in [-0.25, -0.2) is 14.7 Å². The number of pyridine rings is 1. The SMILES string of the molecule is CC(C)c1ccc(-c2c(C#N)c(N)nc(SC3CC(=O)N(c4ccc(C(=O)OCC(=O)c5ccc(Cl)c(Cl)c5)cc4)C3=O)c2C#N)cc1. The number of nitrogen functional groups attached to an aromatic ring is 1. The zero-order chi connectivity index (χ0) is 34.7. The number of carbonyl (C=O) groups is 4. The Kier molecular flexibility index (Phi) is 10.2. The van der Waals surface area contributed by atoms with Crippen molar-refractivity contribution in [2.24, 2.45) is 0 Å². The van der Waals surface area contributed by atoms with Crippen LogP contribution in [0.2, 0.25) is 10.0 Å². The van der Waals surface area contributed by atoms with E-state index >= 15 is 0 Å². The second kappa shape index (κ2) is 14.3. The summed E-state index contributed by atoms with van der Waals surface area (Å²) in [6, 6.07) is 21.5. The van der Waals surface area contributed by atoms with E-state index in [0.29, 0.717) is 11.1 Å². The third-order valence-electron chi connectivity index (χ3n) is 7.58. The van der Waals surface area contributed by atoms with Crippen molar-refractivity contribution in [3.63, 3.8) is 0 Å². The molecule has 4 aromatic rings. The minimum Gasteiger partial charge on any atom is -0.454 e. The minimum atomic E-state index is -0.933. The van der Waals surface area contributed by atoms with E-state index in [2.05, 4.69) is 11.1 Å². The summed E-state index contributed by atoms with van der Waals surface area (Å²) in [5.41, 5.74) is 8.78. The maximum atomic E-state index is 13.5. The van der Waals surface area contributed by atoms with Gasteiger partial charge >= 0.3 is 5.97 Å². The van der Waals surface area contributed by atoms with Crippen molar-refractivity contribution in [1.82, 2.24) is 4.98 Å². The van der Waals surface area contributed by atoms with Gasteiger partial charge in [0.2, 0.25) is 11.8 Å². The average Bonchev–Trinajstić information content (AvgIpc) is 3.35. The number of aromatic nitrogens is 1. The van der Waals surface area contributed by atoms with Crippen molar-refractivity contribution in [2.75, 3.05) is 17.2 Å². The number of rotatable bonds is 9. The fourth-order valence-electron chi connectivity index (χ4n) is 5.02. The molecule has 3 aromatic carbocycles. The number of amides is 2. The first-order chi connectivity index (χ1) is 22.9. The van der Waals surface area contributed by atoms with Gasteiger partial charge in [0.25, 0.3) is 0 Å². The quantitative estimate of drug-likeness (QED) is 0.110. The van der Waals surface area contributed by atoms with Gasteiger partial charge in [0.05, 0.1) is 32.1 Å². The van der Waals surface area contributed by atoms with E-state index in [4.69, 9.17) is 33.7 Å². The van der Waals surface area contributed by atoms with Gasteiger partial charge in [0.15, 0.2) is 12.4 Å². The van der Waals surface area contributed by atoms with Crippen molar-refractivity contribution >= 4 is 70.0 Å². The molecule has 1 unspecified atom stereocenters. The van der Waals surface area contributed by atoms with Gasteiger partial charge in [0.1, 0.15) is 28.5 Å². The molecule has 1 aromatic heterocycles. The molecule has 1 aliphatic heterocycles. The first-order valence-electron chi connectivity index (χ1n) is 14.5. The van der Waals surface area contributed by atoms with Crippen molar-refractivity contribution in [1.29, 1.82) is 10.5 Å². The molecule has 10 nitrogen and oxygen atoms in total. The molecule has 0 spiro atoms. The second-order valence-electron chi connectivity index (χ2n) is 11.0. The number of nitrogens with two attached hydrogens (primary N) is 1. The molecule has 5 rings (SSSR count). The van der Waals surface area contributed by atoms with Crippen molar-refractivity contribution in [3.05, 3.63) is 105 Å². The van der Waals surface area contributed by atoms with Gasteiger partial charge in [-0.2, -0.15) is 10.5 Å². The highest BCUT2D eigenvalue weighted by Crippen LogP contribution is 2.40. The number of Topliss-reactive ketones (excluding diaryl/α,β-unsaturated/α-hetero) is 1. The van der Waals surface area contributed by atoms with Crippen LogP contribution >= 0.6 is 35.0 Å². The Morgan fingerprint density at radius 2 is 1.62 bits per heavy atom. The van der Waals surface area contributed by atoms with Crippen LogP contribution in [0.4, 0.5) is 11.5 Å². The van der Waals surface area contributed by atoms with Crippen LogP contribution in [0.25, 0.3) is 11.1 Å². The fraction of sp³-hybridized carbons (Fsp3) is 0.171. The molecule has 13 heteroatoms. The Morgan fingerprint density at radius 3 is 2.23 bits per heavy atom. The van der Waals surface area contributed by atoms with Crippen molar-refractivity contribution in [3.8, 4) is 23.3 Å². The molecule has 0 aliphatic carbocycles. The number of halogens is 2. The lowest BCUT2D eigenvalue weighted by Crippen LogP contribution is -2.31. The van der Waals surface area contributed by atoms with E-state index in [1.54, 1.807) is 12.1 Å². The van der Waals surface area contributed by atoms with Crippen LogP contribution in [0.3, 0.4) is 0 Å². The van der Waals surface area contributed by atoms with Crippen LogP contribution in [-0.4, -0.2) is 40.4 Å². The third-order valence-corrected chi connectivity index (χ3v) is 9.49. The van der Waals surface area contributed by atoms with E-state index in [0.717, 1.165) is 22.2 Å². The molecule has 1 fully saturated rings. The highest BCUT2D eigenvalue weighted by molar-refractivity contribution is 8.00. The monoisotopic (exact) mass is 697 g/mol. The van der Waals surface area contributed by atoms with E-state index in [-0.39, 0.29) is 61.2 Å². The predicted molar refractivity (Wildman–Crippen MR) is 182 cm³/mol. The lowest BCUT2D eigenvalue weighted by atomic mass is 9.94. The van der Waals surface area contributed by atoms with Crippen molar-refractivity contribution < 1.29 is 23.9 Å². The first-order valence-corrected chi connectivity index (χ1v) is 16.1. The smallest absolute Gasteiger partial charge is 0.338 e. The lowest BCUT2D eigenvalue weighted by Gasteiger charge is -2.17. The van der Waals surface area contributed by atoms with Gasteiger partial charge < -0.3 is 10.5 Å². The minimum absolute atomic E-state index is 0.0426. The van der Waals surface area contributed by atoms with Gasteiger partial charge in [-0.05, 0) is 59.5 Å². The Morgan fingerprint density at radius 1 is 0.979 bits per heavy atom. The molecule has 0 saturated carbocycles. The molecule has 240 valence electrons. The Bertz CT molecular complexity index is 2050. The summed E-state index contributed by atoms with van der Waals surface area (Å²) < 4.78 is 5.13. The third kappa shape index (κ3) is 6.90. The number of nitrogens with zero attached hydrogens (tertiary/aromatic N) is 4. The topological polar surface area (TPSA) is 167 Å². The van der Waals surface area contributed by atoms with Crippen LogP contribution < -0.4 is 10.6 Å². The molecular formula is C35H25Cl2N5O5S. The van der Waals surface area contributed by atoms with Crippen molar-refractivity contribution in [2.45, 2.75) is 36.5 Å². The molecule has 0 bridgehead atoms. The molecular weight excluding hydrogens is 673 g/mol. The average molecular weight is 699 g/mol. The molecule has 48 heavy (non-hydrogen) atoms. The standard InChI is InChI=1S/C35H25Cl2N5O5S/c1-18(2)19-3-5-20(6-4-19)31-24(15-38)32(40)41-33(25(31)16-39)48-29-14-30(44)42(34(29)45)23-10-7-21(8-11-23)35(46)47-17-28(43)22-9-12-26(36)27(37)13-22/h3-13,18,29H,14,17H2,1-2H3,(H2,40,41). The summed E-state index contributed by atoms with van der Waals surface area (Å²) in [5.74, 6) is -2.14. The van der Waals surface area contributed by atoms with Crippen LogP contribution in [0.15, 0.2) is 71.8 Å².